The fourth-order valence-corrected chi connectivity index (χ4v) is 4.19. The molecule has 35 heavy (non-hydrogen) atoms. The Kier molecular flexibility index (Phi) is 5.86. The molecule has 0 spiro atoms. The molecule has 0 saturated heterocycles. The van der Waals surface area contributed by atoms with Crippen molar-refractivity contribution < 1.29 is 18.1 Å². The Balaban J connectivity index is 1.60. The molecule has 1 atom stereocenters. The molecule has 1 aromatic heterocycles. The van der Waals surface area contributed by atoms with Crippen LogP contribution in [0.1, 0.15) is 35.5 Å². The third-order valence-corrected chi connectivity index (χ3v) is 5.96. The lowest BCUT2D eigenvalue weighted by molar-refractivity contribution is 0.203. The smallest absolute Gasteiger partial charge is 0.322 e. The Labute approximate surface area is 200 Å². The number of aromatic nitrogens is 2. The number of benzene rings is 3. The Morgan fingerprint density at radius 1 is 0.971 bits per heavy atom. The number of nitrogens with zero attached hydrogens (tertiary/aromatic N) is 3. The summed E-state index contributed by atoms with van der Waals surface area (Å²) < 4.78 is 33.1. The number of hydrogen-bond donors (Lipinski definition) is 1. The van der Waals surface area contributed by atoms with E-state index in [1.807, 2.05) is 31.2 Å². The van der Waals surface area contributed by atoms with E-state index >= 15 is 0 Å². The van der Waals surface area contributed by atoms with Gasteiger partial charge in [0.05, 0.1) is 18.2 Å². The monoisotopic (exact) mass is 472 g/mol. The Morgan fingerprint density at radius 3 is 2.49 bits per heavy atom. The van der Waals surface area contributed by atoms with Gasteiger partial charge >= 0.3 is 6.03 Å². The number of urea groups is 1. The molecule has 3 aromatic carbocycles. The summed E-state index contributed by atoms with van der Waals surface area (Å²) in [4.78, 5) is 19.3. The number of hydrogen-bond acceptors (Lipinski definition) is 4. The number of nitrogens with one attached hydrogen (secondary N) is 1. The van der Waals surface area contributed by atoms with E-state index in [1.54, 1.807) is 31.2 Å². The average Bonchev–Trinajstić information content (AvgIpc) is 3.32. The van der Waals surface area contributed by atoms with E-state index in [-0.39, 0.29) is 24.3 Å². The lowest BCUT2D eigenvalue weighted by atomic mass is 9.94. The summed E-state index contributed by atoms with van der Waals surface area (Å²) in [6, 6.07) is 18.6. The van der Waals surface area contributed by atoms with Crippen molar-refractivity contribution in [3.63, 3.8) is 0 Å². The quantitative estimate of drug-likeness (QED) is 0.386. The minimum absolute atomic E-state index is 0.205. The van der Waals surface area contributed by atoms with Gasteiger partial charge in [0.1, 0.15) is 11.6 Å². The molecule has 0 aliphatic carbocycles. The molecule has 4 aromatic rings. The first-order chi connectivity index (χ1) is 16.9. The van der Waals surface area contributed by atoms with Crippen molar-refractivity contribution in [2.24, 2.45) is 0 Å². The van der Waals surface area contributed by atoms with Gasteiger partial charge in [0, 0.05) is 11.3 Å². The third-order valence-electron chi connectivity index (χ3n) is 5.96. The SMILES string of the molecule is CC1=C(c2nc(-c3cccc(C)c3)no2)C(c2cccc(F)c2)NC(=O)N1Cc1ccc(F)cc1. The summed E-state index contributed by atoms with van der Waals surface area (Å²) in [6.45, 7) is 3.96. The summed E-state index contributed by atoms with van der Waals surface area (Å²) in [7, 11) is 0. The maximum atomic E-state index is 14.1. The standard InChI is InChI=1S/C27H22F2N4O2/c1-16-5-3-7-20(13-16)25-31-26(35-32-25)23-17(2)33(15-18-9-11-21(28)12-10-18)27(34)30-24(23)19-6-4-8-22(29)14-19/h3-14,24H,15H2,1-2H3,(H,30,34). The van der Waals surface area contributed by atoms with Crippen molar-refractivity contribution in [3.05, 3.63) is 113 Å². The van der Waals surface area contributed by atoms with Crippen LogP contribution in [0.25, 0.3) is 17.0 Å². The van der Waals surface area contributed by atoms with E-state index in [1.165, 1.54) is 29.2 Å². The molecule has 1 N–H and O–H groups in total. The molecule has 0 fully saturated rings. The van der Waals surface area contributed by atoms with Crippen molar-refractivity contribution in [1.29, 1.82) is 0 Å². The lowest BCUT2D eigenvalue weighted by Crippen LogP contribution is -2.45. The van der Waals surface area contributed by atoms with E-state index in [2.05, 4.69) is 15.5 Å². The van der Waals surface area contributed by atoms with Crippen LogP contribution >= 0.6 is 0 Å². The van der Waals surface area contributed by atoms with Crippen LogP contribution in [-0.4, -0.2) is 21.1 Å². The molecule has 8 heteroatoms. The second kappa shape index (κ2) is 9.13. The molecule has 2 heterocycles. The molecule has 0 radical (unpaired) electrons. The predicted molar refractivity (Wildman–Crippen MR) is 127 cm³/mol. The second-order valence-electron chi connectivity index (χ2n) is 8.44. The zero-order valence-corrected chi connectivity index (χ0v) is 19.1. The fourth-order valence-electron chi connectivity index (χ4n) is 4.19. The minimum Gasteiger partial charge on any atom is -0.334 e. The van der Waals surface area contributed by atoms with Gasteiger partial charge in [-0.05, 0) is 55.3 Å². The zero-order chi connectivity index (χ0) is 24.5. The minimum atomic E-state index is -0.700. The Morgan fingerprint density at radius 2 is 1.74 bits per heavy atom. The molecule has 1 aliphatic heterocycles. The number of rotatable bonds is 5. The Hall–Kier alpha value is -4.33. The highest BCUT2D eigenvalue weighted by Crippen LogP contribution is 2.38. The number of aryl methyl sites for hydroxylation is 1. The molecule has 5 rings (SSSR count). The summed E-state index contributed by atoms with van der Waals surface area (Å²) in [5.74, 6) is -0.152. The van der Waals surface area contributed by atoms with Crippen LogP contribution in [0.3, 0.4) is 0 Å². The number of carbonyl (C=O) groups excluding carboxylic acids is 1. The van der Waals surface area contributed by atoms with E-state index in [0.717, 1.165) is 16.7 Å². The fraction of sp³-hybridized carbons (Fsp3) is 0.148. The molecular formula is C27H22F2N4O2. The van der Waals surface area contributed by atoms with Crippen LogP contribution in [0.15, 0.2) is 83.0 Å². The summed E-state index contributed by atoms with van der Waals surface area (Å²) in [6.07, 6.45) is 0. The number of halogens is 2. The van der Waals surface area contributed by atoms with Gasteiger partial charge in [-0.15, -0.1) is 0 Å². The van der Waals surface area contributed by atoms with Crippen LogP contribution in [0.5, 0.6) is 0 Å². The van der Waals surface area contributed by atoms with E-state index < -0.39 is 11.9 Å². The molecule has 0 bridgehead atoms. The predicted octanol–water partition coefficient (Wildman–Crippen LogP) is 6.02. The van der Waals surface area contributed by atoms with Gasteiger partial charge in [0.2, 0.25) is 5.82 Å². The summed E-state index contributed by atoms with van der Waals surface area (Å²) in [5.41, 5.74) is 4.27. The largest absolute Gasteiger partial charge is 0.334 e. The van der Waals surface area contributed by atoms with E-state index in [4.69, 9.17) is 4.52 Å². The van der Waals surface area contributed by atoms with Crippen LogP contribution < -0.4 is 5.32 Å². The second-order valence-corrected chi connectivity index (χ2v) is 8.44. The number of carbonyl (C=O) groups is 1. The first kappa shape index (κ1) is 22.5. The van der Waals surface area contributed by atoms with Gasteiger partial charge in [0.25, 0.3) is 5.89 Å². The number of amides is 2. The van der Waals surface area contributed by atoms with Crippen molar-refractivity contribution >= 4 is 11.6 Å². The maximum absolute atomic E-state index is 14.1. The van der Waals surface area contributed by atoms with Crippen molar-refractivity contribution in [2.75, 3.05) is 0 Å². The van der Waals surface area contributed by atoms with E-state index in [9.17, 15) is 13.6 Å². The molecule has 0 saturated carbocycles. The van der Waals surface area contributed by atoms with Gasteiger partial charge < -0.3 is 9.84 Å². The van der Waals surface area contributed by atoms with Gasteiger partial charge in [0.15, 0.2) is 0 Å². The average molecular weight is 472 g/mol. The van der Waals surface area contributed by atoms with Gasteiger partial charge in [-0.2, -0.15) is 4.98 Å². The topological polar surface area (TPSA) is 71.3 Å². The summed E-state index contributed by atoms with van der Waals surface area (Å²) in [5, 5.41) is 7.09. The van der Waals surface area contributed by atoms with Crippen molar-refractivity contribution in [2.45, 2.75) is 26.4 Å². The molecular weight excluding hydrogens is 450 g/mol. The van der Waals surface area contributed by atoms with Crippen molar-refractivity contribution in [3.8, 4) is 11.4 Å². The maximum Gasteiger partial charge on any atom is 0.322 e. The Bertz CT molecular complexity index is 1430. The summed E-state index contributed by atoms with van der Waals surface area (Å²) >= 11 is 0. The van der Waals surface area contributed by atoms with Gasteiger partial charge in [-0.3, -0.25) is 4.90 Å². The van der Waals surface area contributed by atoms with Crippen molar-refractivity contribution in [1.82, 2.24) is 20.4 Å². The van der Waals surface area contributed by atoms with Crippen LogP contribution in [0.4, 0.5) is 13.6 Å². The third kappa shape index (κ3) is 4.55. The van der Waals surface area contributed by atoms with Gasteiger partial charge in [-0.1, -0.05) is 53.2 Å². The molecule has 1 aliphatic rings. The highest BCUT2D eigenvalue weighted by atomic mass is 19.1. The van der Waals surface area contributed by atoms with Gasteiger partial charge in [-0.25, -0.2) is 13.6 Å². The highest BCUT2D eigenvalue weighted by molar-refractivity contribution is 5.86. The molecule has 1 unspecified atom stereocenters. The van der Waals surface area contributed by atoms with Crippen LogP contribution in [-0.2, 0) is 6.54 Å². The molecule has 6 nitrogen and oxygen atoms in total. The first-order valence-corrected chi connectivity index (χ1v) is 11.1. The first-order valence-electron chi connectivity index (χ1n) is 11.1. The van der Waals surface area contributed by atoms with Crippen LogP contribution in [0.2, 0.25) is 0 Å². The van der Waals surface area contributed by atoms with Crippen LogP contribution in [0, 0.1) is 18.6 Å². The molecule has 176 valence electrons. The lowest BCUT2D eigenvalue weighted by Gasteiger charge is -2.35. The number of allylic oxidation sites excluding steroid dienone is 1. The highest BCUT2D eigenvalue weighted by Gasteiger charge is 2.36. The normalized spacial score (nSPS) is 15.9. The zero-order valence-electron chi connectivity index (χ0n) is 19.1. The van der Waals surface area contributed by atoms with E-state index in [0.29, 0.717) is 22.7 Å². The molecule has 2 amide bonds.